The van der Waals surface area contributed by atoms with Crippen LogP contribution in [-0.4, -0.2) is 33.5 Å². The summed E-state index contributed by atoms with van der Waals surface area (Å²) in [4.78, 5) is 8.69. The van der Waals surface area contributed by atoms with E-state index in [2.05, 4.69) is 64.5 Å². The number of nitriles is 2. The van der Waals surface area contributed by atoms with Crippen LogP contribution in [0.1, 0.15) is 57.4 Å². The summed E-state index contributed by atoms with van der Waals surface area (Å²) in [6, 6.07) is 15.2. The maximum Gasteiger partial charge on any atom is 0.262 e. The van der Waals surface area contributed by atoms with Gasteiger partial charge in [0, 0.05) is 47.8 Å². The molecule has 1 aliphatic heterocycles. The molecule has 0 saturated heterocycles. The van der Waals surface area contributed by atoms with Crippen LogP contribution in [0, 0.1) is 28.1 Å². The molecule has 43 heavy (non-hydrogen) atoms. The molecule has 1 atom stereocenters. The fourth-order valence-corrected chi connectivity index (χ4v) is 4.88. The van der Waals surface area contributed by atoms with Crippen LogP contribution in [0.15, 0.2) is 66.9 Å². The van der Waals surface area contributed by atoms with E-state index >= 15 is 0 Å². The Bertz CT molecular complexity index is 1790. The van der Waals surface area contributed by atoms with Gasteiger partial charge in [0.1, 0.15) is 17.7 Å². The third-order valence-electron chi connectivity index (χ3n) is 7.40. The van der Waals surface area contributed by atoms with E-state index in [1.165, 1.54) is 25.1 Å². The van der Waals surface area contributed by atoms with Gasteiger partial charge in [-0.05, 0) is 48.4 Å². The average Bonchev–Trinajstić information content (AvgIpc) is 3.48. The molecule has 5 rings (SSSR count). The molecule has 2 aromatic carbocycles. The predicted molar refractivity (Wildman–Crippen MR) is 164 cm³/mol. The zero-order valence-corrected chi connectivity index (χ0v) is 24.6. The molecule has 0 amide bonds. The van der Waals surface area contributed by atoms with Crippen molar-refractivity contribution in [1.29, 1.82) is 10.5 Å². The number of nitrogens with one attached hydrogen (secondary N) is 4. The van der Waals surface area contributed by atoms with Crippen LogP contribution in [-0.2, 0) is 0 Å². The monoisotopic (exact) mass is 581 g/mol. The number of pyridine rings is 2. The van der Waals surface area contributed by atoms with Crippen molar-refractivity contribution >= 4 is 33.1 Å². The van der Waals surface area contributed by atoms with Crippen molar-refractivity contribution in [2.45, 2.75) is 52.6 Å². The molecule has 9 nitrogen and oxygen atoms in total. The van der Waals surface area contributed by atoms with Gasteiger partial charge in [-0.1, -0.05) is 39.0 Å². The molecule has 11 heteroatoms. The van der Waals surface area contributed by atoms with Gasteiger partial charge in [0.15, 0.2) is 0 Å². The molecule has 0 spiro atoms. The molecule has 0 unspecified atom stereocenters. The normalized spacial score (nSPS) is 14.3. The second-order valence-corrected chi connectivity index (χ2v) is 12.3. The Hall–Kier alpha value is -5.00. The molecule has 2 aromatic heterocycles. The first-order valence-electron chi connectivity index (χ1n) is 13.8. The summed E-state index contributed by atoms with van der Waals surface area (Å²) < 4.78 is 27.8. The number of benzene rings is 2. The first kappa shape index (κ1) is 29.5. The van der Waals surface area contributed by atoms with Crippen LogP contribution >= 0.6 is 0 Å². The van der Waals surface area contributed by atoms with Crippen LogP contribution < -0.4 is 21.6 Å². The van der Waals surface area contributed by atoms with Crippen molar-refractivity contribution in [2.24, 2.45) is 5.41 Å². The van der Waals surface area contributed by atoms with Crippen LogP contribution in [0.2, 0.25) is 0 Å². The summed E-state index contributed by atoms with van der Waals surface area (Å²) in [5.41, 5.74) is 8.19. The Labute approximate surface area is 249 Å². The Balaban J connectivity index is 1.67. The number of anilines is 2. The average molecular weight is 582 g/mol. The number of nitrogens with zero attached hydrogens (tertiary/aromatic N) is 5. The van der Waals surface area contributed by atoms with Crippen molar-refractivity contribution in [2.75, 3.05) is 17.2 Å². The Kier molecular flexibility index (Phi) is 7.78. The Morgan fingerprint density at radius 3 is 2.47 bits per heavy atom. The fourth-order valence-electron chi connectivity index (χ4n) is 4.88. The van der Waals surface area contributed by atoms with Crippen LogP contribution in [0.4, 0.5) is 20.2 Å². The first-order valence-corrected chi connectivity index (χ1v) is 13.8. The number of hydrazine groups is 2. The summed E-state index contributed by atoms with van der Waals surface area (Å²) in [6.07, 6.45) is 3.96. The highest BCUT2D eigenvalue weighted by Crippen LogP contribution is 2.37. The highest BCUT2D eigenvalue weighted by atomic mass is 19.3. The number of halogens is 2. The maximum absolute atomic E-state index is 13.9. The lowest BCUT2D eigenvalue weighted by Crippen LogP contribution is -2.53. The number of alkyl halides is 2. The second kappa shape index (κ2) is 11.3. The molecule has 0 saturated carbocycles. The molecule has 4 N–H and O–H groups in total. The lowest BCUT2D eigenvalue weighted by Gasteiger charge is -2.33. The van der Waals surface area contributed by atoms with Crippen molar-refractivity contribution in [3.8, 4) is 12.1 Å². The van der Waals surface area contributed by atoms with E-state index < -0.39 is 18.0 Å². The van der Waals surface area contributed by atoms with Crippen molar-refractivity contribution in [1.82, 2.24) is 25.9 Å². The standard InChI is InChI=1S/C32H33F2N9/c1-31(2,3)18-39-28-21(14-36)16-38-27-20(13-35)11-22(12-25(27)28)40-29(24-8-6-7-19-15-37-10-9-23(19)24)26-17-43(42-41-26)32(4,5)30(33)34/h6-12,15-17,29-30,40-42H,18H2,1-5H3,(H,38,39)/t29-/m0/s1. The summed E-state index contributed by atoms with van der Waals surface area (Å²) in [5, 5.41) is 30.7. The van der Waals surface area contributed by atoms with E-state index in [4.69, 9.17) is 0 Å². The number of aromatic nitrogens is 2. The highest BCUT2D eigenvalue weighted by molar-refractivity contribution is 5.99. The van der Waals surface area contributed by atoms with Crippen LogP contribution in [0.5, 0.6) is 0 Å². The van der Waals surface area contributed by atoms with E-state index in [-0.39, 0.29) is 5.41 Å². The minimum atomic E-state index is -2.62. The molecule has 0 aliphatic carbocycles. The zero-order valence-electron chi connectivity index (χ0n) is 24.6. The van der Waals surface area contributed by atoms with Crippen molar-refractivity contribution in [3.05, 3.63) is 83.6 Å². The molecule has 3 heterocycles. The Morgan fingerprint density at radius 2 is 1.77 bits per heavy atom. The van der Waals surface area contributed by atoms with Gasteiger partial charge in [-0.15, -0.1) is 5.53 Å². The summed E-state index contributed by atoms with van der Waals surface area (Å²) in [6.45, 7) is 9.75. The van der Waals surface area contributed by atoms with E-state index in [0.717, 1.165) is 16.3 Å². The van der Waals surface area contributed by atoms with Gasteiger partial charge in [0.25, 0.3) is 6.43 Å². The van der Waals surface area contributed by atoms with Gasteiger partial charge in [-0.3, -0.25) is 15.0 Å². The molecular formula is C32H33F2N9. The minimum absolute atomic E-state index is 0.0734. The molecule has 1 aliphatic rings. The van der Waals surface area contributed by atoms with Crippen LogP contribution in [0.25, 0.3) is 21.7 Å². The first-order chi connectivity index (χ1) is 20.4. The number of rotatable bonds is 8. The molecule has 220 valence electrons. The number of fused-ring (bicyclic) bond motifs is 2. The Morgan fingerprint density at radius 1 is 1.00 bits per heavy atom. The summed E-state index contributed by atoms with van der Waals surface area (Å²) >= 11 is 0. The molecule has 4 aromatic rings. The molecule has 0 radical (unpaired) electrons. The van der Waals surface area contributed by atoms with Gasteiger partial charge in [0.2, 0.25) is 0 Å². The van der Waals surface area contributed by atoms with Crippen molar-refractivity contribution in [3.63, 3.8) is 0 Å². The predicted octanol–water partition coefficient (Wildman–Crippen LogP) is 6.35. The quantitative estimate of drug-likeness (QED) is 0.188. The van der Waals surface area contributed by atoms with Gasteiger partial charge in [-0.25, -0.2) is 8.78 Å². The summed E-state index contributed by atoms with van der Waals surface area (Å²) in [7, 11) is 0. The topological polar surface area (TPSA) is 125 Å². The van der Waals surface area contributed by atoms with Gasteiger partial charge < -0.3 is 16.1 Å². The highest BCUT2D eigenvalue weighted by Gasteiger charge is 2.38. The lowest BCUT2D eigenvalue weighted by molar-refractivity contribution is -0.0311. The van der Waals surface area contributed by atoms with Gasteiger partial charge in [-0.2, -0.15) is 10.5 Å². The molecule has 0 bridgehead atoms. The van der Waals surface area contributed by atoms with Crippen LogP contribution in [0.3, 0.4) is 0 Å². The third kappa shape index (κ3) is 5.85. The largest absolute Gasteiger partial charge is 0.383 e. The SMILES string of the molecule is CC(C)(C)CNc1c(C#N)cnc2c(C#N)cc(N[C@H](C3=CN(C(C)(C)C(F)F)NN3)c3cccc4cnccc34)cc12. The lowest BCUT2D eigenvalue weighted by atomic mass is 9.96. The zero-order chi connectivity index (χ0) is 30.9. The fraction of sp³-hybridized carbons (Fsp3) is 0.312. The summed E-state index contributed by atoms with van der Waals surface area (Å²) in [5.74, 6) is 0. The smallest absolute Gasteiger partial charge is 0.262 e. The third-order valence-corrected chi connectivity index (χ3v) is 7.40. The van der Waals surface area contributed by atoms with Gasteiger partial charge in [0.05, 0.1) is 34.1 Å². The van der Waals surface area contributed by atoms with E-state index in [9.17, 15) is 19.3 Å². The second-order valence-electron chi connectivity index (χ2n) is 12.3. The van der Waals surface area contributed by atoms with Crippen molar-refractivity contribution < 1.29 is 8.78 Å². The number of hydrogen-bond acceptors (Lipinski definition) is 9. The van der Waals surface area contributed by atoms with E-state index in [0.29, 0.717) is 45.6 Å². The van der Waals surface area contributed by atoms with E-state index in [1.807, 2.05) is 30.3 Å². The maximum atomic E-state index is 13.9. The molecular weight excluding hydrogens is 548 g/mol. The number of hydrogen-bond donors (Lipinski definition) is 4. The molecule has 0 fully saturated rings. The van der Waals surface area contributed by atoms with E-state index in [1.54, 1.807) is 24.7 Å². The minimum Gasteiger partial charge on any atom is -0.383 e. The van der Waals surface area contributed by atoms with Gasteiger partial charge >= 0.3 is 0 Å².